The molecule has 1 aliphatic heterocycles. The molecule has 1 fully saturated rings. The lowest BCUT2D eigenvalue weighted by Crippen LogP contribution is -2.43. The van der Waals surface area contributed by atoms with Crippen molar-refractivity contribution in [1.82, 2.24) is 30.3 Å². The van der Waals surface area contributed by atoms with Crippen molar-refractivity contribution < 1.29 is 9.21 Å². The lowest BCUT2D eigenvalue weighted by molar-refractivity contribution is -0.122. The molecule has 9 heteroatoms. The number of amides is 1. The minimum atomic E-state index is -0.307. The van der Waals surface area contributed by atoms with E-state index < -0.39 is 0 Å². The number of fused-ring (bicyclic) bond motifs is 1. The highest BCUT2D eigenvalue weighted by molar-refractivity contribution is 5.85. The number of nitrogens with zero attached hydrogens (tertiary/aromatic N) is 6. The highest BCUT2D eigenvalue weighted by Gasteiger charge is 2.33. The quantitative estimate of drug-likeness (QED) is 0.557. The molecule has 3 aromatic heterocycles. The average molecular weight is 389 g/mol. The largest absolute Gasteiger partial charge is 0.423 e. The van der Waals surface area contributed by atoms with Gasteiger partial charge in [-0.05, 0) is 37.1 Å². The van der Waals surface area contributed by atoms with Crippen LogP contribution < -0.4 is 10.2 Å². The molecule has 0 unspecified atom stereocenters. The zero-order chi connectivity index (χ0) is 19.6. The van der Waals surface area contributed by atoms with Crippen molar-refractivity contribution >= 4 is 23.0 Å². The first-order chi connectivity index (χ1) is 14.3. The monoisotopic (exact) mass is 389 g/mol. The van der Waals surface area contributed by atoms with Gasteiger partial charge in [-0.2, -0.15) is 4.98 Å². The van der Waals surface area contributed by atoms with Crippen molar-refractivity contribution in [1.29, 1.82) is 0 Å². The first kappa shape index (κ1) is 17.4. The molecule has 9 nitrogen and oxygen atoms in total. The number of carbonyl (C=O) groups is 1. The molecule has 146 valence electrons. The van der Waals surface area contributed by atoms with Crippen molar-refractivity contribution in [2.45, 2.75) is 25.4 Å². The molecule has 1 N–H and O–H groups in total. The Balaban J connectivity index is 1.26. The van der Waals surface area contributed by atoms with E-state index in [0.717, 1.165) is 36.2 Å². The average Bonchev–Trinajstić information content (AvgIpc) is 3.51. The van der Waals surface area contributed by atoms with Gasteiger partial charge in [0.1, 0.15) is 17.3 Å². The second-order valence-electron chi connectivity index (χ2n) is 6.89. The maximum Gasteiger partial charge on any atom is 0.299 e. The third-order valence-electron chi connectivity index (χ3n) is 5.00. The van der Waals surface area contributed by atoms with Crippen LogP contribution >= 0.6 is 0 Å². The number of hydrogen-bond acceptors (Lipinski definition) is 7. The van der Waals surface area contributed by atoms with Crippen molar-refractivity contribution in [2.75, 3.05) is 11.4 Å². The van der Waals surface area contributed by atoms with E-state index in [2.05, 4.69) is 25.6 Å². The van der Waals surface area contributed by atoms with E-state index in [9.17, 15) is 4.79 Å². The molecule has 1 aliphatic rings. The van der Waals surface area contributed by atoms with Crippen LogP contribution in [0.5, 0.6) is 0 Å². The van der Waals surface area contributed by atoms with Crippen LogP contribution in [0.4, 0.5) is 6.01 Å². The Kier molecular flexibility index (Phi) is 4.39. The van der Waals surface area contributed by atoms with Gasteiger partial charge < -0.3 is 14.6 Å². The number of hydrogen-bond donors (Lipinski definition) is 1. The molecular weight excluding hydrogens is 370 g/mol. The van der Waals surface area contributed by atoms with Crippen LogP contribution in [0.15, 0.2) is 59.4 Å². The number of anilines is 1. The van der Waals surface area contributed by atoms with Gasteiger partial charge in [-0.1, -0.05) is 17.3 Å². The second-order valence-corrected chi connectivity index (χ2v) is 6.89. The Morgan fingerprint density at radius 3 is 2.93 bits per heavy atom. The van der Waals surface area contributed by atoms with Crippen molar-refractivity contribution in [2.24, 2.45) is 0 Å². The van der Waals surface area contributed by atoms with Crippen LogP contribution in [-0.4, -0.2) is 43.5 Å². The minimum absolute atomic E-state index is 0.0665. The summed E-state index contributed by atoms with van der Waals surface area (Å²) in [6.07, 6.45) is 6.85. The van der Waals surface area contributed by atoms with Crippen molar-refractivity contribution in [3.63, 3.8) is 0 Å². The number of nitrogens with one attached hydrogen (secondary N) is 1. The molecule has 1 atom stereocenters. The zero-order valence-electron chi connectivity index (χ0n) is 15.6. The summed E-state index contributed by atoms with van der Waals surface area (Å²) in [6, 6.07) is 11.5. The summed E-state index contributed by atoms with van der Waals surface area (Å²) in [5.41, 5.74) is 3.06. The molecule has 4 aromatic rings. The molecule has 5 rings (SSSR count). The predicted molar refractivity (Wildman–Crippen MR) is 105 cm³/mol. The smallest absolute Gasteiger partial charge is 0.299 e. The molecule has 0 spiro atoms. The Morgan fingerprint density at radius 2 is 2.07 bits per heavy atom. The normalized spacial score (nSPS) is 16.4. The topological polar surface area (TPSA) is 102 Å². The van der Waals surface area contributed by atoms with Gasteiger partial charge in [-0.25, -0.2) is 4.68 Å². The lowest BCUT2D eigenvalue weighted by atomic mass is 10.2. The summed E-state index contributed by atoms with van der Waals surface area (Å²) in [7, 11) is 0. The summed E-state index contributed by atoms with van der Waals surface area (Å²) in [4.78, 5) is 23.3. The Morgan fingerprint density at radius 1 is 1.21 bits per heavy atom. The fraction of sp³-hybridized carbons (Fsp3) is 0.250. The summed E-state index contributed by atoms with van der Waals surface area (Å²) < 4.78 is 7.51. The van der Waals surface area contributed by atoms with Gasteiger partial charge in [0, 0.05) is 18.9 Å². The van der Waals surface area contributed by atoms with Gasteiger partial charge in [0.2, 0.25) is 5.91 Å². The first-order valence-electron chi connectivity index (χ1n) is 9.49. The van der Waals surface area contributed by atoms with Gasteiger partial charge in [0.25, 0.3) is 6.01 Å². The molecule has 0 saturated carbocycles. The maximum absolute atomic E-state index is 12.8. The van der Waals surface area contributed by atoms with E-state index in [4.69, 9.17) is 4.42 Å². The number of benzene rings is 1. The van der Waals surface area contributed by atoms with Crippen LogP contribution in [0.3, 0.4) is 0 Å². The Bertz CT molecular complexity index is 1100. The number of rotatable bonds is 5. The highest BCUT2D eigenvalue weighted by Crippen LogP contribution is 2.28. The molecular formula is C20H19N7O2. The molecule has 1 saturated heterocycles. The minimum Gasteiger partial charge on any atom is -0.423 e. The predicted octanol–water partition coefficient (Wildman–Crippen LogP) is 2.09. The molecule has 0 bridgehead atoms. The van der Waals surface area contributed by atoms with Gasteiger partial charge in [-0.3, -0.25) is 9.78 Å². The number of carbonyl (C=O) groups excluding carboxylic acids is 1. The number of para-hydroxylation sites is 2. The maximum atomic E-state index is 12.8. The van der Waals surface area contributed by atoms with E-state index in [1.54, 1.807) is 23.3 Å². The fourth-order valence-corrected chi connectivity index (χ4v) is 3.55. The van der Waals surface area contributed by atoms with Crippen LogP contribution in [0, 0.1) is 0 Å². The summed E-state index contributed by atoms with van der Waals surface area (Å²) in [5.74, 6) is -0.0665. The van der Waals surface area contributed by atoms with Crippen molar-refractivity contribution in [3.05, 3.63) is 60.7 Å². The summed E-state index contributed by atoms with van der Waals surface area (Å²) >= 11 is 0. The van der Waals surface area contributed by atoms with E-state index in [1.807, 2.05) is 41.3 Å². The first-order valence-corrected chi connectivity index (χ1v) is 9.49. The molecule has 29 heavy (non-hydrogen) atoms. The Hall–Kier alpha value is -3.75. The van der Waals surface area contributed by atoms with Crippen LogP contribution in [0.2, 0.25) is 0 Å². The van der Waals surface area contributed by atoms with E-state index >= 15 is 0 Å². The molecule has 0 radical (unpaired) electrons. The molecule has 1 amide bonds. The highest BCUT2D eigenvalue weighted by atomic mass is 16.4. The fourth-order valence-electron chi connectivity index (χ4n) is 3.55. The SMILES string of the molecule is O=C(NCc1cn(-c2ccncc2)nn1)[C@H]1CCCN1c1nc2ccccc2o1. The van der Waals surface area contributed by atoms with Crippen LogP contribution in [-0.2, 0) is 11.3 Å². The third kappa shape index (κ3) is 3.42. The van der Waals surface area contributed by atoms with Gasteiger partial charge >= 0.3 is 0 Å². The van der Waals surface area contributed by atoms with Crippen LogP contribution in [0.25, 0.3) is 16.8 Å². The number of aromatic nitrogens is 5. The third-order valence-corrected chi connectivity index (χ3v) is 5.00. The van der Waals surface area contributed by atoms with E-state index in [1.165, 1.54) is 0 Å². The molecule has 1 aromatic carbocycles. The van der Waals surface area contributed by atoms with Crippen LogP contribution in [0.1, 0.15) is 18.5 Å². The Labute approximate surface area is 166 Å². The second kappa shape index (κ2) is 7.34. The standard InChI is InChI=1S/C20H19N7O2/c28-19(22-12-14-13-27(25-24-14)15-7-9-21-10-8-15)17-5-3-11-26(17)20-23-16-4-1-2-6-18(16)29-20/h1-2,4,6-10,13,17H,3,5,11-12H2,(H,22,28)/t17-/m1/s1. The van der Waals surface area contributed by atoms with Gasteiger partial charge in [0.15, 0.2) is 5.58 Å². The van der Waals surface area contributed by atoms with E-state index in [0.29, 0.717) is 18.3 Å². The van der Waals surface area contributed by atoms with Gasteiger partial charge in [-0.15, -0.1) is 5.10 Å². The lowest BCUT2D eigenvalue weighted by Gasteiger charge is -2.21. The number of pyridine rings is 1. The summed E-state index contributed by atoms with van der Waals surface area (Å²) in [5, 5.41) is 11.2. The zero-order valence-corrected chi connectivity index (χ0v) is 15.6. The van der Waals surface area contributed by atoms with Crippen molar-refractivity contribution in [3.8, 4) is 5.69 Å². The number of oxazole rings is 1. The summed E-state index contributed by atoms with van der Waals surface area (Å²) in [6.45, 7) is 1.05. The molecule has 0 aliphatic carbocycles. The van der Waals surface area contributed by atoms with Gasteiger partial charge in [0.05, 0.1) is 18.4 Å². The molecule has 4 heterocycles. The van der Waals surface area contributed by atoms with E-state index in [-0.39, 0.29) is 11.9 Å².